The second-order valence-electron chi connectivity index (χ2n) is 6.26. The molecule has 138 valence electrons. The van der Waals surface area contributed by atoms with Gasteiger partial charge in [-0.05, 0) is 32.9 Å². The Kier molecular flexibility index (Phi) is 5.41. The fraction of sp³-hybridized carbons (Fsp3) is 0.250. The molecule has 1 aromatic carbocycles. The van der Waals surface area contributed by atoms with Gasteiger partial charge >= 0.3 is 6.03 Å². The summed E-state index contributed by atoms with van der Waals surface area (Å²) in [6.07, 6.45) is 1.13. The lowest BCUT2D eigenvalue weighted by Crippen LogP contribution is -2.38. The van der Waals surface area contributed by atoms with Crippen LogP contribution in [-0.4, -0.2) is 21.7 Å². The molecule has 0 aliphatic carbocycles. The Hall–Kier alpha value is -2.81. The molecule has 2 aromatic rings. The normalized spacial score (nSPS) is 11.2. The van der Waals surface area contributed by atoms with E-state index >= 15 is 0 Å². The Morgan fingerprint density at radius 2 is 1.77 bits per heavy atom. The van der Waals surface area contributed by atoms with Crippen molar-refractivity contribution in [1.82, 2.24) is 15.1 Å². The van der Waals surface area contributed by atoms with Gasteiger partial charge in [-0.25, -0.2) is 18.3 Å². The van der Waals surface area contributed by atoms with Crippen LogP contribution in [0.1, 0.15) is 31.1 Å². The van der Waals surface area contributed by atoms with Gasteiger partial charge in [-0.2, -0.15) is 5.10 Å². The van der Waals surface area contributed by atoms with Gasteiger partial charge in [0.15, 0.2) is 0 Å². The quantitative estimate of drug-likeness (QED) is 0.832. The zero-order valence-corrected chi connectivity index (χ0v) is 14.8. The summed E-state index contributed by atoms with van der Waals surface area (Å²) in [6, 6.07) is 1.71. The van der Waals surface area contributed by atoms with E-state index in [9.17, 15) is 23.2 Å². The van der Waals surface area contributed by atoms with Crippen molar-refractivity contribution >= 4 is 29.2 Å². The van der Waals surface area contributed by atoms with Gasteiger partial charge in [-0.3, -0.25) is 14.9 Å². The first kappa shape index (κ1) is 19.5. The van der Waals surface area contributed by atoms with E-state index in [0.717, 1.165) is 29.1 Å². The highest BCUT2D eigenvalue weighted by atomic mass is 35.5. The number of hydrogen-bond acceptors (Lipinski definition) is 4. The average Bonchev–Trinajstić information content (AvgIpc) is 2.50. The second-order valence-corrected chi connectivity index (χ2v) is 6.64. The van der Waals surface area contributed by atoms with Crippen molar-refractivity contribution in [3.8, 4) is 0 Å². The third-order valence-electron chi connectivity index (χ3n) is 3.22. The molecule has 10 heteroatoms. The fourth-order valence-electron chi connectivity index (χ4n) is 2.03. The van der Waals surface area contributed by atoms with E-state index in [2.05, 4.69) is 10.4 Å². The summed E-state index contributed by atoms with van der Waals surface area (Å²) in [5.41, 5.74) is -2.35. The molecule has 0 aliphatic rings. The van der Waals surface area contributed by atoms with Crippen LogP contribution in [-0.2, 0) is 5.54 Å². The maximum absolute atomic E-state index is 13.5. The summed E-state index contributed by atoms with van der Waals surface area (Å²) in [5, 5.41) is 7.48. The number of hydrogen-bond donors (Lipinski definition) is 2. The van der Waals surface area contributed by atoms with Gasteiger partial charge in [0.05, 0.1) is 17.4 Å². The zero-order chi connectivity index (χ0) is 19.6. The van der Waals surface area contributed by atoms with Crippen molar-refractivity contribution in [2.45, 2.75) is 26.3 Å². The Bertz CT molecular complexity index is 918. The number of carbonyl (C=O) groups excluding carboxylic acids is 2. The molecule has 0 radical (unpaired) electrons. The molecule has 1 heterocycles. The van der Waals surface area contributed by atoms with Gasteiger partial charge in [-0.15, -0.1) is 0 Å². The minimum atomic E-state index is -1.29. The smallest absolute Gasteiger partial charge is 0.305 e. The molecule has 0 fully saturated rings. The van der Waals surface area contributed by atoms with E-state index in [1.165, 1.54) is 0 Å². The second kappa shape index (κ2) is 7.20. The van der Waals surface area contributed by atoms with Crippen molar-refractivity contribution in [2.75, 3.05) is 5.32 Å². The number of benzene rings is 1. The van der Waals surface area contributed by atoms with Crippen LogP contribution in [0.4, 0.5) is 19.3 Å². The van der Waals surface area contributed by atoms with E-state index in [-0.39, 0.29) is 10.7 Å². The Morgan fingerprint density at radius 3 is 2.31 bits per heavy atom. The summed E-state index contributed by atoms with van der Waals surface area (Å²) in [7, 11) is 0. The van der Waals surface area contributed by atoms with Crippen LogP contribution in [0, 0.1) is 11.6 Å². The van der Waals surface area contributed by atoms with E-state index in [4.69, 9.17) is 11.6 Å². The number of aromatic nitrogens is 2. The third kappa shape index (κ3) is 4.05. The van der Waals surface area contributed by atoms with Crippen LogP contribution in [0.25, 0.3) is 0 Å². The molecule has 0 aliphatic heterocycles. The van der Waals surface area contributed by atoms with E-state index < -0.39 is 40.2 Å². The summed E-state index contributed by atoms with van der Waals surface area (Å²) in [6.45, 7) is 5.21. The molecule has 2 N–H and O–H groups in total. The number of rotatable bonds is 2. The summed E-state index contributed by atoms with van der Waals surface area (Å²) < 4.78 is 28.2. The number of urea groups is 1. The SMILES string of the molecule is CC(C)(C)n1ncc(NC(=O)NC(=O)c2c(F)cccc2F)c(Cl)c1=O. The highest BCUT2D eigenvalue weighted by molar-refractivity contribution is 6.33. The third-order valence-corrected chi connectivity index (χ3v) is 3.58. The van der Waals surface area contributed by atoms with Gasteiger partial charge in [0, 0.05) is 0 Å². The van der Waals surface area contributed by atoms with Gasteiger partial charge in [0.2, 0.25) is 0 Å². The van der Waals surface area contributed by atoms with Crippen molar-refractivity contribution in [3.05, 3.63) is 57.0 Å². The summed E-state index contributed by atoms with van der Waals surface area (Å²) in [4.78, 5) is 35.9. The number of amides is 3. The van der Waals surface area contributed by atoms with E-state index in [0.29, 0.717) is 0 Å². The average molecular weight is 385 g/mol. The van der Waals surface area contributed by atoms with Crippen molar-refractivity contribution < 1.29 is 18.4 Å². The Labute approximate surface area is 152 Å². The number of imide groups is 1. The van der Waals surface area contributed by atoms with E-state index in [1.807, 2.05) is 0 Å². The van der Waals surface area contributed by atoms with Gasteiger partial charge < -0.3 is 5.32 Å². The first-order chi connectivity index (χ1) is 12.0. The molecular formula is C16H15ClF2N4O3. The number of nitrogens with one attached hydrogen (secondary N) is 2. The maximum atomic E-state index is 13.5. The highest BCUT2D eigenvalue weighted by Gasteiger charge is 2.22. The molecule has 1 aromatic heterocycles. The van der Waals surface area contributed by atoms with Crippen LogP contribution in [0.2, 0.25) is 5.02 Å². The molecule has 0 spiro atoms. The van der Waals surface area contributed by atoms with Gasteiger partial charge in [0.25, 0.3) is 11.5 Å². The van der Waals surface area contributed by atoms with E-state index in [1.54, 1.807) is 26.1 Å². The number of nitrogens with zero attached hydrogens (tertiary/aromatic N) is 2. The summed E-state index contributed by atoms with van der Waals surface area (Å²) >= 11 is 5.93. The van der Waals surface area contributed by atoms with Crippen LogP contribution in [0.5, 0.6) is 0 Å². The Balaban J connectivity index is 2.20. The minimum absolute atomic E-state index is 0.156. The van der Waals surface area contributed by atoms with Crippen LogP contribution in [0.15, 0.2) is 29.2 Å². The first-order valence-corrected chi connectivity index (χ1v) is 7.75. The first-order valence-electron chi connectivity index (χ1n) is 7.37. The molecule has 0 atom stereocenters. The molecule has 0 saturated carbocycles. The lowest BCUT2D eigenvalue weighted by molar-refractivity contribution is 0.0959. The molecule has 26 heavy (non-hydrogen) atoms. The number of carbonyl (C=O) groups is 2. The standard InChI is InChI=1S/C16H15ClF2N4O3/c1-16(2,3)23-14(25)12(17)10(7-20-23)21-15(26)22-13(24)11-8(18)5-4-6-9(11)19/h4-7H,1-3H3,(H2,21,22,24,26). The molecular weight excluding hydrogens is 370 g/mol. The predicted molar refractivity (Wildman–Crippen MR) is 91.3 cm³/mol. The topological polar surface area (TPSA) is 93.1 Å². The van der Waals surface area contributed by atoms with Crippen LogP contribution in [0.3, 0.4) is 0 Å². The molecule has 0 bridgehead atoms. The number of anilines is 1. The number of halogens is 3. The van der Waals surface area contributed by atoms with Crippen molar-refractivity contribution in [2.24, 2.45) is 0 Å². The summed E-state index contributed by atoms with van der Waals surface area (Å²) in [5.74, 6) is -3.53. The van der Waals surface area contributed by atoms with Crippen LogP contribution < -0.4 is 16.2 Å². The molecule has 0 unspecified atom stereocenters. The van der Waals surface area contributed by atoms with Gasteiger partial charge in [0.1, 0.15) is 22.2 Å². The molecule has 0 saturated heterocycles. The highest BCUT2D eigenvalue weighted by Crippen LogP contribution is 2.18. The molecule has 3 amide bonds. The fourth-order valence-corrected chi connectivity index (χ4v) is 2.21. The maximum Gasteiger partial charge on any atom is 0.326 e. The Morgan fingerprint density at radius 1 is 1.19 bits per heavy atom. The van der Waals surface area contributed by atoms with Crippen molar-refractivity contribution in [3.63, 3.8) is 0 Å². The zero-order valence-electron chi connectivity index (χ0n) is 14.1. The van der Waals surface area contributed by atoms with Gasteiger partial charge in [-0.1, -0.05) is 17.7 Å². The molecule has 7 nitrogen and oxygen atoms in total. The lowest BCUT2D eigenvalue weighted by atomic mass is 10.1. The predicted octanol–water partition coefficient (Wildman–Crippen LogP) is 2.89. The lowest BCUT2D eigenvalue weighted by Gasteiger charge is -2.21. The largest absolute Gasteiger partial charge is 0.326 e. The monoisotopic (exact) mass is 384 g/mol. The van der Waals surface area contributed by atoms with Crippen LogP contribution >= 0.6 is 11.6 Å². The minimum Gasteiger partial charge on any atom is -0.305 e. The van der Waals surface area contributed by atoms with Crippen molar-refractivity contribution in [1.29, 1.82) is 0 Å². The molecule has 2 rings (SSSR count).